The molecule has 0 saturated heterocycles. The van der Waals surface area contributed by atoms with E-state index in [9.17, 15) is 0 Å². The second-order valence-electron chi connectivity index (χ2n) is 7.42. The van der Waals surface area contributed by atoms with Crippen molar-refractivity contribution < 1.29 is 4.74 Å². The molecule has 0 aliphatic carbocycles. The van der Waals surface area contributed by atoms with Crippen LogP contribution in [0.3, 0.4) is 0 Å². The van der Waals surface area contributed by atoms with Crippen molar-refractivity contribution in [2.24, 2.45) is 0 Å². The first-order chi connectivity index (χ1) is 15.8. The Morgan fingerprint density at radius 3 is 2.91 bits per heavy atom. The quantitative estimate of drug-likeness (QED) is 0.378. The summed E-state index contributed by atoms with van der Waals surface area (Å²) in [5, 5.41) is 12.8. The first-order valence-electron chi connectivity index (χ1n) is 10.3. The number of pyridine rings is 2. The molecule has 0 amide bonds. The SMILES string of the molecule is COCCNc1ccnc(Cc2cnc3nnn(Cc4ccc5ncccc5c4)c3n2)c1. The number of benzene rings is 1. The summed E-state index contributed by atoms with van der Waals surface area (Å²) in [7, 11) is 1.69. The van der Waals surface area contributed by atoms with Crippen molar-refractivity contribution in [2.75, 3.05) is 25.6 Å². The lowest BCUT2D eigenvalue weighted by Crippen LogP contribution is -2.08. The number of hydrogen-bond acceptors (Lipinski definition) is 8. The maximum atomic E-state index is 5.08. The molecule has 9 heteroatoms. The minimum atomic E-state index is 0.527. The van der Waals surface area contributed by atoms with E-state index in [-0.39, 0.29) is 0 Å². The van der Waals surface area contributed by atoms with Crippen LogP contribution in [0.4, 0.5) is 5.69 Å². The zero-order valence-electron chi connectivity index (χ0n) is 17.6. The number of rotatable bonds is 8. The maximum absolute atomic E-state index is 5.08. The Balaban J connectivity index is 1.37. The topological polar surface area (TPSA) is 104 Å². The molecule has 32 heavy (non-hydrogen) atoms. The molecule has 0 radical (unpaired) electrons. The van der Waals surface area contributed by atoms with E-state index in [0.717, 1.165) is 40.1 Å². The number of aromatic nitrogens is 7. The highest BCUT2D eigenvalue weighted by Gasteiger charge is 2.11. The van der Waals surface area contributed by atoms with E-state index in [2.05, 4.69) is 42.7 Å². The van der Waals surface area contributed by atoms with Crippen LogP contribution >= 0.6 is 0 Å². The molecular formula is C23H22N8O. The van der Waals surface area contributed by atoms with Gasteiger partial charge in [-0.3, -0.25) is 9.97 Å². The fraction of sp³-hybridized carbons (Fsp3) is 0.217. The smallest absolute Gasteiger partial charge is 0.221 e. The van der Waals surface area contributed by atoms with E-state index >= 15 is 0 Å². The zero-order valence-corrected chi connectivity index (χ0v) is 17.6. The third kappa shape index (κ3) is 4.37. The highest BCUT2D eigenvalue weighted by atomic mass is 16.5. The van der Waals surface area contributed by atoms with E-state index in [0.29, 0.717) is 30.9 Å². The Morgan fingerprint density at radius 1 is 1.00 bits per heavy atom. The van der Waals surface area contributed by atoms with Gasteiger partial charge in [0.05, 0.1) is 30.6 Å². The number of ether oxygens (including phenoxy) is 1. The van der Waals surface area contributed by atoms with Crippen molar-refractivity contribution in [3.63, 3.8) is 0 Å². The Bertz CT molecular complexity index is 1370. The molecule has 0 aliphatic heterocycles. The van der Waals surface area contributed by atoms with Gasteiger partial charge in [-0.15, -0.1) is 5.10 Å². The first kappa shape index (κ1) is 20.0. The van der Waals surface area contributed by atoms with E-state index in [1.165, 1.54) is 0 Å². The maximum Gasteiger partial charge on any atom is 0.221 e. The van der Waals surface area contributed by atoms with Gasteiger partial charge < -0.3 is 10.1 Å². The molecule has 9 nitrogen and oxygen atoms in total. The summed E-state index contributed by atoms with van der Waals surface area (Å²) in [6.45, 7) is 1.93. The van der Waals surface area contributed by atoms with Crippen LogP contribution in [-0.4, -0.2) is 55.2 Å². The van der Waals surface area contributed by atoms with Crippen LogP contribution in [0.25, 0.3) is 22.2 Å². The van der Waals surface area contributed by atoms with Crippen molar-refractivity contribution in [3.05, 3.63) is 78.0 Å². The fourth-order valence-corrected chi connectivity index (χ4v) is 3.55. The number of fused-ring (bicyclic) bond motifs is 2. The van der Waals surface area contributed by atoms with Crippen LogP contribution in [0.15, 0.2) is 61.1 Å². The Kier molecular flexibility index (Phi) is 5.63. The molecule has 0 fully saturated rings. The number of methoxy groups -OCH3 is 1. The molecule has 1 N–H and O–H groups in total. The van der Waals surface area contributed by atoms with Crippen LogP contribution < -0.4 is 5.32 Å². The largest absolute Gasteiger partial charge is 0.383 e. The normalized spacial score (nSPS) is 11.3. The molecule has 0 unspecified atom stereocenters. The van der Waals surface area contributed by atoms with Gasteiger partial charge >= 0.3 is 0 Å². The van der Waals surface area contributed by atoms with E-state index in [1.54, 1.807) is 30.4 Å². The Hall–Kier alpha value is -3.98. The third-order valence-corrected chi connectivity index (χ3v) is 5.09. The van der Waals surface area contributed by atoms with Crippen LogP contribution in [0, 0.1) is 0 Å². The Morgan fingerprint density at radius 2 is 1.97 bits per heavy atom. The third-order valence-electron chi connectivity index (χ3n) is 5.09. The number of nitrogens with zero attached hydrogens (tertiary/aromatic N) is 7. The van der Waals surface area contributed by atoms with Crippen molar-refractivity contribution >= 4 is 27.9 Å². The number of nitrogens with one attached hydrogen (secondary N) is 1. The molecule has 0 spiro atoms. The highest BCUT2D eigenvalue weighted by Crippen LogP contribution is 2.17. The highest BCUT2D eigenvalue weighted by molar-refractivity contribution is 5.79. The summed E-state index contributed by atoms with van der Waals surface area (Å²) >= 11 is 0. The lowest BCUT2D eigenvalue weighted by atomic mass is 10.1. The first-order valence-corrected chi connectivity index (χ1v) is 10.3. The number of anilines is 1. The minimum Gasteiger partial charge on any atom is -0.383 e. The van der Waals surface area contributed by atoms with E-state index in [4.69, 9.17) is 9.72 Å². The zero-order chi connectivity index (χ0) is 21.8. The van der Waals surface area contributed by atoms with Gasteiger partial charge in [0.1, 0.15) is 0 Å². The molecule has 0 saturated carbocycles. The molecule has 160 valence electrons. The lowest BCUT2D eigenvalue weighted by molar-refractivity contribution is 0.211. The van der Waals surface area contributed by atoms with Gasteiger partial charge in [0.15, 0.2) is 5.65 Å². The van der Waals surface area contributed by atoms with E-state index < -0.39 is 0 Å². The predicted molar refractivity (Wildman–Crippen MR) is 121 cm³/mol. The van der Waals surface area contributed by atoms with E-state index in [1.807, 2.05) is 30.3 Å². The monoisotopic (exact) mass is 426 g/mol. The van der Waals surface area contributed by atoms with Gasteiger partial charge in [-0.05, 0) is 35.9 Å². The molecule has 1 aromatic carbocycles. The molecule has 4 heterocycles. The second-order valence-corrected chi connectivity index (χ2v) is 7.42. The molecule has 0 aliphatic rings. The van der Waals surface area contributed by atoms with Crippen molar-refractivity contribution in [1.82, 2.24) is 34.9 Å². The average molecular weight is 426 g/mol. The van der Waals surface area contributed by atoms with Crippen LogP contribution in [-0.2, 0) is 17.7 Å². The summed E-state index contributed by atoms with van der Waals surface area (Å²) in [5.74, 6) is 0. The summed E-state index contributed by atoms with van der Waals surface area (Å²) in [6, 6.07) is 14.1. The second kappa shape index (κ2) is 9.03. The van der Waals surface area contributed by atoms with Crippen LogP contribution in [0.5, 0.6) is 0 Å². The van der Waals surface area contributed by atoms with Crippen molar-refractivity contribution in [1.29, 1.82) is 0 Å². The van der Waals surface area contributed by atoms with Crippen molar-refractivity contribution in [3.8, 4) is 0 Å². The molecule has 5 rings (SSSR count). The van der Waals surface area contributed by atoms with Gasteiger partial charge in [-0.2, -0.15) is 0 Å². The standard InChI is InChI=1S/C23H22N8O/c1-32-10-9-25-18-6-8-24-19(12-18)13-20-14-27-22-23(28-20)31(30-29-22)15-16-4-5-21-17(11-16)3-2-7-26-21/h2-8,11-12,14H,9-10,13,15H2,1H3,(H,24,25). The summed E-state index contributed by atoms with van der Waals surface area (Å²) in [4.78, 5) is 18.1. The van der Waals surface area contributed by atoms with Crippen molar-refractivity contribution in [2.45, 2.75) is 13.0 Å². The molecular weight excluding hydrogens is 404 g/mol. The average Bonchev–Trinajstić information content (AvgIpc) is 3.21. The van der Waals surface area contributed by atoms with Crippen LogP contribution in [0.2, 0.25) is 0 Å². The van der Waals surface area contributed by atoms with Gasteiger partial charge in [0.2, 0.25) is 5.65 Å². The minimum absolute atomic E-state index is 0.527. The Labute approximate surface area is 184 Å². The van der Waals surface area contributed by atoms with Gasteiger partial charge in [-0.25, -0.2) is 14.6 Å². The molecule has 0 bridgehead atoms. The summed E-state index contributed by atoms with van der Waals surface area (Å²) < 4.78 is 6.86. The predicted octanol–water partition coefficient (Wildman–Crippen LogP) is 2.86. The van der Waals surface area contributed by atoms with Gasteiger partial charge in [-0.1, -0.05) is 17.3 Å². The molecule has 5 aromatic rings. The van der Waals surface area contributed by atoms with Gasteiger partial charge in [0.25, 0.3) is 0 Å². The van der Waals surface area contributed by atoms with Crippen LogP contribution in [0.1, 0.15) is 17.0 Å². The summed E-state index contributed by atoms with van der Waals surface area (Å²) in [5.41, 5.74) is 5.96. The fourth-order valence-electron chi connectivity index (χ4n) is 3.55. The lowest BCUT2D eigenvalue weighted by Gasteiger charge is -2.07. The number of hydrogen-bond donors (Lipinski definition) is 1. The summed E-state index contributed by atoms with van der Waals surface area (Å²) in [6.07, 6.45) is 5.88. The molecule has 0 atom stereocenters. The molecule has 4 aromatic heterocycles. The van der Waals surface area contributed by atoms with Gasteiger partial charge in [0, 0.05) is 49.2 Å².